The zero-order valence-electron chi connectivity index (χ0n) is 8.46. The molecule has 1 N–H and O–H groups in total. The van der Waals surface area contributed by atoms with Gasteiger partial charge in [0.15, 0.2) is 0 Å². The normalized spacial score (nSPS) is 12.8. The molecule has 0 aliphatic heterocycles. The lowest BCUT2D eigenvalue weighted by atomic mass is 9.97. The third-order valence-electron chi connectivity index (χ3n) is 2.56. The van der Waals surface area contributed by atoms with Gasteiger partial charge in [-0.1, -0.05) is 38.1 Å². The predicted molar refractivity (Wildman–Crippen MR) is 55.9 cm³/mol. The molecular weight excluding hydrogens is 160 g/mol. The first-order valence-corrected chi connectivity index (χ1v) is 4.97. The average molecular weight is 178 g/mol. The molecule has 0 heterocycles. The predicted octanol–water partition coefficient (Wildman–Crippen LogP) is 2.73. The molecule has 0 saturated heterocycles. The Morgan fingerprint density at radius 2 is 1.85 bits per heavy atom. The summed E-state index contributed by atoms with van der Waals surface area (Å²) in [6.45, 7) is 4.68. The van der Waals surface area contributed by atoms with Gasteiger partial charge in [-0.3, -0.25) is 0 Å². The highest BCUT2D eigenvalue weighted by molar-refractivity contribution is 5.25. The minimum Gasteiger partial charge on any atom is -0.396 e. The molecule has 72 valence electrons. The van der Waals surface area contributed by atoms with Crippen molar-refractivity contribution in [3.8, 4) is 0 Å². The van der Waals surface area contributed by atoms with Gasteiger partial charge in [-0.15, -0.1) is 0 Å². The first kappa shape index (κ1) is 10.3. The minimum absolute atomic E-state index is 0.239. The highest BCUT2D eigenvalue weighted by atomic mass is 16.2. The Hall–Kier alpha value is -0.820. The first-order chi connectivity index (χ1) is 6.27. The summed E-state index contributed by atoms with van der Waals surface area (Å²) in [5, 5.41) is 8.74. The van der Waals surface area contributed by atoms with Gasteiger partial charge in [0.05, 0.1) is 0 Å². The lowest BCUT2D eigenvalue weighted by Crippen LogP contribution is -1.94. The van der Waals surface area contributed by atoms with Crippen LogP contribution in [0.4, 0.5) is 0 Å². The fourth-order valence-electron chi connectivity index (χ4n) is 1.38. The third-order valence-corrected chi connectivity index (χ3v) is 2.56. The van der Waals surface area contributed by atoms with Crippen LogP contribution in [0.3, 0.4) is 0 Å². The van der Waals surface area contributed by atoms with Crippen LogP contribution >= 0.6 is 0 Å². The van der Waals surface area contributed by atoms with Crippen molar-refractivity contribution in [1.82, 2.24) is 0 Å². The van der Waals surface area contributed by atoms with Crippen molar-refractivity contribution in [2.24, 2.45) is 0 Å². The standard InChI is InChI=1S/C12H18O/c1-3-10(2)12-6-4-11(5-7-12)8-9-13/h4-7,10,13H,3,8-9H2,1-2H3/t10-/m0/s1. The fourth-order valence-corrected chi connectivity index (χ4v) is 1.38. The van der Waals surface area contributed by atoms with E-state index in [0.29, 0.717) is 5.92 Å². The molecule has 0 fully saturated rings. The molecule has 0 unspecified atom stereocenters. The molecule has 1 aromatic rings. The Morgan fingerprint density at radius 3 is 2.31 bits per heavy atom. The van der Waals surface area contributed by atoms with E-state index in [4.69, 9.17) is 5.11 Å². The molecule has 1 heteroatoms. The lowest BCUT2D eigenvalue weighted by molar-refractivity contribution is 0.299. The highest BCUT2D eigenvalue weighted by Gasteiger charge is 2.01. The molecule has 1 nitrogen and oxygen atoms in total. The molecular formula is C12H18O. The number of hydrogen-bond acceptors (Lipinski definition) is 1. The van der Waals surface area contributed by atoms with Crippen molar-refractivity contribution < 1.29 is 5.11 Å². The quantitative estimate of drug-likeness (QED) is 0.751. The second-order valence-electron chi connectivity index (χ2n) is 3.52. The van der Waals surface area contributed by atoms with Gasteiger partial charge in [0, 0.05) is 6.61 Å². The lowest BCUT2D eigenvalue weighted by Gasteiger charge is -2.09. The van der Waals surface area contributed by atoms with Crippen molar-refractivity contribution in [2.45, 2.75) is 32.6 Å². The second kappa shape index (κ2) is 5.03. The summed E-state index contributed by atoms with van der Waals surface area (Å²) < 4.78 is 0. The van der Waals surface area contributed by atoms with Crippen molar-refractivity contribution in [1.29, 1.82) is 0 Å². The molecule has 13 heavy (non-hydrogen) atoms. The molecule has 1 aromatic carbocycles. The molecule has 0 saturated carbocycles. The molecule has 0 aliphatic rings. The SMILES string of the molecule is CC[C@H](C)c1ccc(CCO)cc1. The van der Waals surface area contributed by atoms with E-state index < -0.39 is 0 Å². The van der Waals surface area contributed by atoms with Crippen LogP contribution < -0.4 is 0 Å². The average Bonchev–Trinajstić information content (AvgIpc) is 2.18. The molecule has 0 spiro atoms. The van der Waals surface area contributed by atoms with E-state index >= 15 is 0 Å². The maximum absolute atomic E-state index is 8.74. The number of benzene rings is 1. The highest BCUT2D eigenvalue weighted by Crippen LogP contribution is 2.18. The van der Waals surface area contributed by atoms with E-state index in [2.05, 4.69) is 38.1 Å². The summed E-state index contributed by atoms with van der Waals surface area (Å²) in [5.74, 6) is 0.642. The molecule has 0 bridgehead atoms. The summed E-state index contributed by atoms with van der Waals surface area (Å²) in [7, 11) is 0. The summed E-state index contributed by atoms with van der Waals surface area (Å²) in [6, 6.07) is 8.55. The monoisotopic (exact) mass is 178 g/mol. The van der Waals surface area contributed by atoms with E-state index in [9.17, 15) is 0 Å². The van der Waals surface area contributed by atoms with Crippen molar-refractivity contribution in [2.75, 3.05) is 6.61 Å². The second-order valence-corrected chi connectivity index (χ2v) is 3.52. The summed E-state index contributed by atoms with van der Waals surface area (Å²) in [4.78, 5) is 0. The first-order valence-electron chi connectivity index (χ1n) is 4.97. The van der Waals surface area contributed by atoms with Gasteiger partial charge in [0.1, 0.15) is 0 Å². The number of aliphatic hydroxyl groups is 1. The van der Waals surface area contributed by atoms with E-state index in [-0.39, 0.29) is 6.61 Å². The van der Waals surface area contributed by atoms with Crippen LogP contribution in [0.25, 0.3) is 0 Å². The Kier molecular flexibility index (Phi) is 3.97. The van der Waals surface area contributed by atoms with Gasteiger partial charge in [0.2, 0.25) is 0 Å². The van der Waals surface area contributed by atoms with E-state index in [1.54, 1.807) is 0 Å². The number of hydrogen-bond donors (Lipinski definition) is 1. The van der Waals surface area contributed by atoms with E-state index in [1.165, 1.54) is 17.5 Å². The minimum atomic E-state index is 0.239. The third kappa shape index (κ3) is 2.85. The van der Waals surface area contributed by atoms with Crippen LogP contribution in [-0.2, 0) is 6.42 Å². The zero-order chi connectivity index (χ0) is 9.68. The smallest absolute Gasteiger partial charge is 0.0471 e. The number of rotatable bonds is 4. The van der Waals surface area contributed by atoms with Crippen LogP contribution in [-0.4, -0.2) is 11.7 Å². The van der Waals surface area contributed by atoms with Gasteiger partial charge in [-0.05, 0) is 29.9 Å². The van der Waals surface area contributed by atoms with Crippen molar-refractivity contribution in [3.05, 3.63) is 35.4 Å². The molecule has 0 radical (unpaired) electrons. The largest absolute Gasteiger partial charge is 0.396 e. The van der Waals surface area contributed by atoms with Crippen LogP contribution in [0.15, 0.2) is 24.3 Å². The zero-order valence-corrected chi connectivity index (χ0v) is 8.46. The Morgan fingerprint density at radius 1 is 1.23 bits per heavy atom. The molecule has 1 rings (SSSR count). The van der Waals surface area contributed by atoms with Crippen molar-refractivity contribution in [3.63, 3.8) is 0 Å². The Labute approximate surface area is 80.4 Å². The maximum atomic E-state index is 8.74. The van der Waals surface area contributed by atoms with Crippen LogP contribution in [0, 0.1) is 0 Å². The Balaban J connectivity index is 2.69. The summed E-state index contributed by atoms with van der Waals surface area (Å²) in [5.41, 5.74) is 2.61. The van der Waals surface area contributed by atoms with Crippen LogP contribution in [0.1, 0.15) is 37.3 Å². The molecule has 0 amide bonds. The maximum Gasteiger partial charge on any atom is 0.0471 e. The van der Waals surface area contributed by atoms with E-state index in [1.807, 2.05) is 0 Å². The van der Waals surface area contributed by atoms with Crippen molar-refractivity contribution >= 4 is 0 Å². The van der Waals surface area contributed by atoms with Gasteiger partial charge < -0.3 is 5.11 Å². The summed E-state index contributed by atoms with van der Waals surface area (Å²) in [6.07, 6.45) is 1.94. The summed E-state index contributed by atoms with van der Waals surface area (Å²) >= 11 is 0. The van der Waals surface area contributed by atoms with Gasteiger partial charge >= 0.3 is 0 Å². The van der Waals surface area contributed by atoms with Crippen LogP contribution in [0.2, 0.25) is 0 Å². The molecule has 0 aromatic heterocycles. The molecule has 1 atom stereocenters. The van der Waals surface area contributed by atoms with Gasteiger partial charge in [-0.25, -0.2) is 0 Å². The molecule has 0 aliphatic carbocycles. The van der Waals surface area contributed by atoms with Gasteiger partial charge in [0.25, 0.3) is 0 Å². The topological polar surface area (TPSA) is 20.2 Å². The Bertz CT molecular complexity index is 238. The van der Waals surface area contributed by atoms with E-state index in [0.717, 1.165) is 6.42 Å². The van der Waals surface area contributed by atoms with Gasteiger partial charge in [-0.2, -0.15) is 0 Å². The fraction of sp³-hybridized carbons (Fsp3) is 0.500. The van der Waals surface area contributed by atoms with Crippen LogP contribution in [0.5, 0.6) is 0 Å². The number of aliphatic hydroxyl groups excluding tert-OH is 1.